The molecule has 1 aliphatic rings. The maximum Gasteiger partial charge on any atom is 0.307 e. The summed E-state index contributed by atoms with van der Waals surface area (Å²) in [5.41, 5.74) is 1.03. The van der Waals surface area contributed by atoms with Crippen molar-refractivity contribution in [2.75, 3.05) is 20.3 Å². The molecule has 4 nitrogen and oxygen atoms in total. The number of methoxy groups -OCH3 is 1. The van der Waals surface area contributed by atoms with Crippen molar-refractivity contribution in [3.8, 4) is 5.75 Å². The van der Waals surface area contributed by atoms with Crippen molar-refractivity contribution in [1.82, 2.24) is 0 Å². The molecule has 2 unspecified atom stereocenters. The van der Waals surface area contributed by atoms with Crippen LogP contribution in [0.2, 0.25) is 0 Å². The van der Waals surface area contributed by atoms with Gasteiger partial charge in [0.05, 0.1) is 19.6 Å². The van der Waals surface area contributed by atoms with Gasteiger partial charge in [-0.05, 0) is 42.9 Å². The van der Waals surface area contributed by atoms with Crippen molar-refractivity contribution in [1.29, 1.82) is 0 Å². The Morgan fingerprint density at radius 2 is 2.21 bits per heavy atom. The van der Waals surface area contributed by atoms with E-state index in [1.54, 1.807) is 7.11 Å². The van der Waals surface area contributed by atoms with Crippen molar-refractivity contribution in [3.63, 3.8) is 0 Å². The molecule has 1 N–H and O–H groups in total. The molecule has 1 saturated heterocycles. The van der Waals surface area contributed by atoms with Crippen molar-refractivity contribution in [3.05, 3.63) is 29.8 Å². The van der Waals surface area contributed by atoms with Crippen LogP contribution in [-0.2, 0) is 16.0 Å². The summed E-state index contributed by atoms with van der Waals surface area (Å²) in [5, 5.41) is 9.41. The van der Waals surface area contributed by atoms with Gasteiger partial charge in [0.15, 0.2) is 0 Å². The van der Waals surface area contributed by atoms with Gasteiger partial charge in [0.1, 0.15) is 5.75 Å². The standard InChI is InChI=1S/C15H20O4/c1-18-13-6-4-11(5-7-13)9-14(15(16)17)12-3-2-8-19-10-12/h4-7,12,14H,2-3,8-10H2,1H3,(H,16,17). The molecule has 104 valence electrons. The summed E-state index contributed by atoms with van der Waals surface area (Å²) in [5.74, 6) is -0.190. The molecule has 0 aliphatic carbocycles. The van der Waals surface area contributed by atoms with Crippen LogP contribution in [0.4, 0.5) is 0 Å². The number of rotatable bonds is 5. The Morgan fingerprint density at radius 3 is 2.74 bits per heavy atom. The predicted octanol–water partition coefficient (Wildman–Crippen LogP) is 2.37. The average Bonchev–Trinajstić information content (AvgIpc) is 2.46. The van der Waals surface area contributed by atoms with Crippen LogP contribution < -0.4 is 4.74 Å². The van der Waals surface area contributed by atoms with E-state index in [1.165, 1.54) is 0 Å². The van der Waals surface area contributed by atoms with Gasteiger partial charge >= 0.3 is 5.97 Å². The second-order valence-electron chi connectivity index (χ2n) is 4.97. The Morgan fingerprint density at radius 1 is 1.47 bits per heavy atom. The first-order valence-corrected chi connectivity index (χ1v) is 6.64. The third-order valence-electron chi connectivity index (χ3n) is 3.70. The van der Waals surface area contributed by atoms with E-state index in [2.05, 4.69) is 0 Å². The maximum absolute atomic E-state index is 11.4. The second kappa shape index (κ2) is 6.57. The molecule has 1 heterocycles. The molecular formula is C15H20O4. The lowest BCUT2D eigenvalue weighted by molar-refractivity contribution is -0.145. The number of hydrogen-bond donors (Lipinski definition) is 1. The lowest BCUT2D eigenvalue weighted by Crippen LogP contribution is -2.32. The predicted molar refractivity (Wildman–Crippen MR) is 71.4 cm³/mol. The smallest absolute Gasteiger partial charge is 0.307 e. The Balaban J connectivity index is 2.04. The molecule has 1 aromatic rings. The number of carbonyl (C=O) groups is 1. The fourth-order valence-corrected chi connectivity index (χ4v) is 2.55. The molecule has 0 spiro atoms. The number of ether oxygens (including phenoxy) is 2. The molecule has 4 heteroatoms. The van der Waals surface area contributed by atoms with Crippen LogP contribution in [0.1, 0.15) is 18.4 Å². The number of carboxylic acids is 1. The highest BCUT2D eigenvalue weighted by Gasteiger charge is 2.29. The molecule has 2 rings (SSSR count). The summed E-state index contributed by atoms with van der Waals surface area (Å²) >= 11 is 0. The Hall–Kier alpha value is -1.55. The molecule has 1 aliphatic heterocycles. The van der Waals surface area contributed by atoms with Gasteiger partial charge in [-0.1, -0.05) is 12.1 Å². The van der Waals surface area contributed by atoms with Gasteiger partial charge in [0.25, 0.3) is 0 Å². The summed E-state index contributed by atoms with van der Waals surface area (Å²) in [6.45, 7) is 1.32. The first kappa shape index (κ1) is 13.9. The largest absolute Gasteiger partial charge is 0.497 e. The quantitative estimate of drug-likeness (QED) is 0.887. The highest BCUT2D eigenvalue weighted by atomic mass is 16.5. The molecule has 2 atom stereocenters. The lowest BCUT2D eigenvalue weighted by atomic mass is 9.83. The van der Waals surface area contributed by atoms with Gasteiger partial charge in [-0.3, -0.25) is 4.79 Å². The maximum atomic E-state index is 11.4. The number of hydrogen-bond acceptors (Lipinski definition) is 3. The van der Waals surface area contributed by atoms with Crippen LogP contribution in [0, 0.1) is 11.8 Å². The van der Waals surface area contributed by atoms with E-state index in [-0.39, 0.29) is 11.8 Å². The summed E-state index contributed by atoms with van der Waals surface area (Å²) < 4.78 is 10.5. The van der Waals surface area contributed by atoms with Gasteiger partial charge in [-0.15, -0.1) is 0 Å². The van der Waals surface area contributed by atoms with E-state index in [1.807, 2.05) is 24.3 Å². The molecule has 0 radical (unpaired) electrons. The normalized spacial score (nSPS) is 20.8. The average molecular weight is 264 g/mol. The van der Waals surface area contributed by atoms with Gasteiger partial charge < -0.3 is 14.6 Å². The Bertz CT molecular complexity index is 407. The Kier molecular flexibility index (Phi) is 4.80. The number of carboxylic acid groups (broad SMARTS) is 1. The molecule has 0 bridgehead atoms. The monoisotopic (exact) mass is 264 g/mol. The zero-order chi connectivity index (χ0) is 13.7. The van der Waals surface area contributed by atoms with Gasteiger partial charge in [0, 0.05) is 6.61 Å². The minimum absolute atomic E-state index is 0.119. The van der Waals surface area contributed by atoms with Crippen LogP contribution in [0.25, 0.3) is 0 Å². The molecule has 19 heavy (non-hydrogen) atoms. The third-order valence-corrected chi connectivity index (χ3v) is 3.70. The zero-order valence-corrected chi connectivity index (χ0v) is 11.2. The zero-order valence-electron chi connectivity index (χ0n) is 11.2. The first-order valence-electron chi connectivity index (χ1n) is 6.64. The van der Waals surface area contributed by atoms with E-state index < -0.39 is 5.97 Å². The molecule has 1 aromatic carbocycles. The number of benzene rings is 1. The Labute approximate surface area is 113 Å². The van der Waals surface area contributed by atoms with E-state index in [9.17, 15) is 9.90 Å². The third kappa shape index (κ3) is 3.70. The molecular weight excluding hydrogens is 244 g/mol. The topological polar surface area (TPSA) is 55.8 Å². The minimum Gasteiger partial charge on any atom is -0.497 e. The highest BCUT2D eigenvalue weighted by Crippen LogP contribution is 2.26. The van der Waals surface area contributed by atoms with Gasteiger partial charge in [-0.25, -0.2) is 0 Å². The SMILES string of the molecule is COc1ccc(CC(C(=O)O)C2CCCOC2)cc1. The molecule has 1 fully saturated rings. The van der Waals surface area contributed by atoms with E-state index in [0.717, 1.165) is 30.8 Å². The van der Waals surface area contributed by atoms with Crippen LogP contribution in [0.5, 0.6) is 5.75 Å². The fraction of sp³-hybridized carbons (Fsp3) is 0.533. The van der Waals surface area contributed by atoms with Crippen molar-refractivity contribution < 1.29 is 19.4 Å². The highest BCUT2D eigenvalue weighted by molar-refractivity contribution is 5.70. The summed E-state index contributed by atoms with van der Waals surface area (Å²) in [4.78, 5) is 11.4. The van der Waals surface area contributed by atoms with Crippen molar-refractivity contribution in [2.45, 2.75) is 19.3 Å². The van der Waals surface area contributed by atoms with Crippen molar-refractivity contribution >= 4 is 5.97 Å². The minimum atomic E-state index is -0.730. The summed E-state index contributed by atoms with van der Waals surface area (Å²) in [7, 11) is 1.62. The van der Waals surface area contributed by atoms with Crippen LogP contribution in [-0.4, -0.2) is 31.4 Å². The molecule has 0 aromatic heterocycles. The van der Waals surface area contributed by atoms with Gasteiger partial charge in [-0.2, -0.15) is 0 Å². The van der Waals surface area contributed by atoms with Crippen LogP contribution >= 0.6 is 0 Å². The van der Waals surface area contributed by atoms with Crippen LogP contribution in [0.3, 0.4) is 0 Å². The summed E-state index contributed by atoms with van der Waals surface area (Å²) in [6, 6.07) is 7.59. The lowest BCUT2D eigenvalue weighted by Gasteiger charge is -2.27. The number of aliphatic carboxylic acids is 1. The summed E-state index contributed by atoms with van der Waals surface area (Å²) in [6.07, 6.45) is 2.44. The molecule has 0 saturated carbocycles. The van der Waals surface area contributed by atoms with E-state index in [4.69, 9.17) is 9.47 Å². The van der Waals surface area contributed by atoms with E-state index in [0.29, 0.717) is 13.0 Å². The molecule has 0 amide bonds. The van der Waals surface area contributed by atoms with Crippen molar-refractivity contribution in [2.24, 2.45) is 11.8 Å². The van der Waals surface area contributed by atoms with Crippen LogP contribution in [0.15, 0.2) is 24.3 Å². The second-order valence-corrected chi connectivity index (χ2v) is 4.97. The first-order chi connectivity index (χ1) is 9.20. The van der Waals surface area contributed by atoms with E-state index >= 15 is 0 Å². The fourth-order valence-electron chi connectivity index (χ4n) is 2.55. The van der Waals surface area contributed by atoms with Gasteiger partial charge in [0.2, 0.25) is 0 Å².